The van der Waals surface area contributed by atoms with E-state index in [0.29, 0.717) is 12.6 Å². The fraction of sp³-hybridized carbons (Fsp3) is 0.667. The molecule has 0 aromatic heterocycles. The Labute approximate surface area is 84.4 Å². The monoisotopic (exact) mass is 218 g/mol. The molecule has 4 nitrogen and oxygen atoms in total. The highest BCUT2D eigenvalue weighted by Gasteiger charge is 2.14. The van der Waals surface area contributed by atoms with Crippen LogP contribution in [0.15, 0.2) is 0 Å². The summed E-state index contributed by atoms with van der Waals surface area (Å²) >= 11 is 0. The fourth-order valence-electron chi connectivity index (χ4n) is 0.796. The van der Waals surface area contributed by atoms with Gasteiger partial charge in [0.25, 0.3) is 0 Å². The predicted molar refractivity (Wildman–Crippen MR) is 54.4 cm³/mol. The van der Waals surface area contributed by atoms with Gasteiger partial charge in [-0.05, 0) is 6.42 Å². The third-order valence-corrected chi connectivity index (χ3v) is 3.55. The molecule has 1 unspecified atom stereocenters. The molecule has 1 atom stereocenters. The van der Waals surface area contributed by atoms with Gasteiger partial charge in [0.1, 0.15) is 0 Å². The van der Waals surface area contributed by atoms with Crippen molar-refractivity contribution in [2.45, 2.75) is 12.8 Å². The van der Waals surface area contributed by atoms with E-state index in [1.165, 1.54) is 7.11 Å². The minimum Gasteiger partial charge on any atom is -0.452 e. The smallest absolute Gasteiger partial charge is 0.306 e. The largest absolute Gasteiger partial charge is 0.452 e. The molecule has 0 bridgehead atoms. The van der Waals surface area contributed by atoms with Gasteiger partial charge in [-0.2, -0.15) is 0 Å². The zero-order chi connectivity index (χ0) is 11.0. The molecular formula is C9H15O4P. The summed E-state index contributed by atoms with van der Waals surface area (Å²) in [4.78, 5) is 10.9. The van der Waals surface area contributed by atoms with Crippen molar-refractivity contribution >= 4 is 13.3 Å². The van der Waals surface area contributed by atoms with Crippen LogP contribution in [0.1, 0.15) is 12.8 Å². The van der Waals surface area contributed by atoms with Crippen LogP contribution in [-0.2, 0) is 18.6 Å². The van der Waals surface area contributed by atoms with E-state index < -0.39 is 7.37 Å². The molecule has 0 aliphatic rings. The molecule has 5 heteroatoms. The number of terminal acetylenes is 1. The van der Waals surface area contributed by atoms with Gasteiger partial charge in [-0.25, -0.2) is 0 Å². The molecule has 0 heterocycles. The van der Waals surface area contributed by atoms with Gasteiger partial charge < -0.3 is 9.26 Å². The third-order valence-electron chi connectivity index (χ3n) is 1.65. The van der Waals surface area contributed by atoms with Crippen LogP contribution in [0.5, 0.6) is 0 Å². The Balaban J connectivity index is 3.60. The Morgan fingerprint density at radius 3 is 2.71 bits per heavy atom. The average molecular weight is 218 g/mol. The number of carbonyl (C=O) groups excluding carboxylic acids is 1. The number of rotatable bonds is 6. The van der Waals surface area contributed by atoms with Gasteiger partial charge >= 0.3 is 5.97 Å². The zero-order valence-corrected chi connectivity index (χ0v) is 9.38. The first-order valence-electron chi connectivity index (χ1n) is 4.23. The van der Waals surface area contributed by atoms with Crippen LogP contribution in [-0.4, -0.2) is 32.5 Å². The second kappa shape index (κ2) is 6.64. The minimum absolute atomic E-state index is 0.00705. The van der Waals surface area contributed by atoms with Gasteiger partial charge in [0, 0.05) is 26.4 Å². The standard InChI is InChI=1S/C9H15O4P/c1-4-7-13-9(10)6-5-8-14(3,11)12-2/h1H,5-8H2,2-3H3. The Morgan fingerprint density at radius 2 is 2.21 bits per heavy atom. The first-order chi connectivity index (χ1) is 6.52. The highest BCUT2D eigenvalue weighted by Crippen LogP contribution is 2.41. The van der Waals surface area contributed by atoms with Crippen molar-refractivity contribution in [3.05, 3.63) is 0 Å². The molecule has 0 radical (unpaired) electrons. The molecule has 80 valence electrons. The number of hydrogen-bond acceptors (Lipinski definition) is 4. The molecule has 14 heavy (non-hydrogen) atoms. The summed E-state index contributed by atoms with van der Waals surface area (Å²) in [6, 6.07) is 0. The quantitative estimate of drug-likeness (QED) is 0.385. The summed E-state index contributed by atoms with van der Waals surface area (Å²) in [5.41, 5.74) is 0. The Bertz CT molecular complexity index is 266. The van der Waals surface area contributed by atoms with Gasteiger partial charge in [0.05, 0.1) is 0 Å². The molecule has 0 spiro atoms. The normalized spacial score (nSPS) is 14.1. The molecule has 0 N–H and O–H groups in total. The number of hydrogen-bond donors (Lipinski definition) is 0. The summed E-state index contributed by atoms with van der Waals surface area (Å²) in [6.45, 7) is 1.53. The topological polar surface area (TPSA) is 52.6 Å². The van der Waals surface area contributed by atoms with Crippen molar-refractivity contribution in [3.8, 4) is 12.3 Å². The van der Waals surface area contributed by atoms with E-state index in [-0.39, 0.29) is 19.0 Å². The molecule has 0 aromatic rings. The molecule has 0 aliphatic heterocycles. The number of carbonyl (C=O) groups is 1. The fourth-order valence-corrected chi connectivity index (χ4v) is 1.71. The van der Waals surface area contributed by atoms with E-state index in [2.05, 4.69) is 10.7 Å². The molecule has 0 fully saturated rings. The van der Waals surface area contributed by atoms with E-state index in [1.807, 2.05) is 0 Å². The maximum atomic E-state index is 11.4. The van der Waals surface area contributed by atoms with Gasteiger partial charge in [-0.3, -0.25) is 9.36 Å². The van der Waals surface area contributed by atoms with E-state index >= 15 is 0 Å². The lowest BCUT2D eigenvalue weighted by Gasteiger charge is -2.09. The van der Waals surface area contributed by atoms with Gasteiger partial charge in [-0.15, -0.1) is 6.42 Å². The van der Waals surface area contributed by atoms with Gasteiger partial charge in [0.2, 0.25) is 0 Å². The Kier molecular flexibility index (Phi) is 6.27. The number of ether oxygens (including phenoxy) is 1. The van der Waals surface area contributed by atoms with Crippen molar-refractivity contribution < 1.29 is 18.6 Å². The summed E-state index contributed by atoms with van der Waals surface area (Å²) < 4.78 is 20.8. The number of esters is 1. The zero-order valence-electron chi connectivity index (χ0n) is 8.49. The highest BCUT2D eigenvalue weighted by molar-refractivity contribution is 7.58. The summed E-state index contributed by atoms with van der Waals surface area (Å²) in [6.07, 6.45) is 6.00. The van der Waals surface area contributed by atoms with Crippen LogP contribution in [0.4, 0.5) is 0 Å². The van der Waals surface area contributed by atoms with Crippen molar-refractivity contribution in [2.75, 3.05) is 26.5 Å². The minimum atomic E-state index is -2.50. The lowest BCUT2D eigenvalue weighted by atomic mass is 10.3. The predicted octanol–water partition coefficient (Wildman–Crippen LogP) is 1.50. The van der Waals surface area contributed by atoms with E-state index in [0.717, 1.165) is 0 Å². The van der Waals surface area contributed by atoms with Crippen molar-refractivity contribution in [1.29, 1.82) is 0 Å². The molecule has 0 saturated heterocycles. The van der Waals surface area contributed by atoms with Crippen LogP contribution < -0.4 is 0 Å². The van der Waals surface area contributed by atoms with Crippen LogP contribution in [0, 0.1) is 12.3 Å². The van der Waals surface area contributed by atoms with Crippen molar-refractivity contribution in [2.24, 2.45) is 0 Å². The first-order valence-corrected chi connectivity index (χ1v) is 6.49. The second-order valence-corrected chi connectivity index (χ2v) is 5.73. The van der Waals surface area contributed by atoms with Crippen LogP contribution in [0.25, 0.3) is 0 Å². The maximum absolute atomic E-state index is 11.4. The van der Waals surface area contributed by atoms with E-state index in [1.54, 1.807) is 6.66 Å². The molecule has 0 saturated carbocycles. The molecule has 0 aliphatic carbocycles. The summed E-state index contributed by atoms with van der Waals surface area (Å²) in [7, 11) is -1.10. The maximum Gasteiger partial charge on any atom is 0.306 e. The van der Waals surface area contributed by atoms with Gasteiger partial charge in [0.15, 0.2) is 14.0 Å². The van der Waals surface area contributed by atoms with Crippen LogP contribution >= 0.6 is 7.37 Å². The summed E-state index contributed by atoms with van der Waals surface area (Å²) in [5.74, 6) is 1.83. The van der Waals surface area contributed by atoms with E-state index in [9.17, 15) is 9.36 Å². The molecule has 0 rings (SSSR count). The second-order valence-electron chi connectivity index (χ2n) is 2.89. The highest BCUT2D eigenvalue weighted by atomic mass is 31.2. The van der Waals surface area contributed by atoms with Crippen LogP contribution in [0.3, 0.4) is 0 Å². The third kappa shape index (κ3) is 6.71. The Morgan fingerprint density at radius 1 is 1.57 bits per heavy atom. The molecule has 0 aromatic carbocycles. The van der Waals surface area contributed by atoms with Crippen LogP contribution in [0.2, 0.25) is 0 Å². The van der Waals surface area contributed by atoms with Crippen molar-refractivity contribution in [1.82, 2.24) is 0 Å². The lowest BCUT2D eigenvalue weighted by molar-refractivity contribution is -0.142. The first kappa shape index (κ1) is 13.2. The average Bonchev–Trinajstić information content (AvgIpc) is 2.14. The molecular weight excluding hydrogens is 203 g/mol. The molecule has 0 amide bonds. The SMILES string of the molecule is C#CCOC(=O)CCCP(C)(=O)OC. The Hall–Kier alpha value is -0.780. The lowest BCUT2D eigenvalue weighted by Crippen LogP contribution is -2.05. The van der Waals surface area contributed by atoms with Gasteiger partial charge in [-0.1, -0.05) is 5.92 Å². The van der Waals surface area contributed by atoms with Crippen molar-refractivity contribution in [3.63, 3.8) is 0 Å². The summed E-state index contributed by atoms with van der Waals surface area (Å²) in [5, 5.41) is 0. The van der Waals surface area contributed by atoms with E-state index in [4.69, 9.17) is 10.9 Å².